The summed E-state index contributed by atoms with van der Waals surface area (Å²) < 4.78 is 19.0. The number of pyridine rings is 1. The summed E-state index contributed by atoms with van der Waals surface area (Å²) in [6, 6.07) is 29.7. The molecule has 11 heteroatoms. The Hall–Kier alpha value is -6.10. The Labute approximate surface area is 308 Å². The molecule has 0 aliphatic carbocycles. The van der Waals surface area contributed by atoms with Crippen molar-refractivity contribution in [2.45, 2.75) is 51.3 Å². The van der Waals surface area contributed by atoms with Crippen LogP contribution in [-0.2, 0) is 16.1 Å². The maximum atomic E-state index is 13.7. The third-order valence-electron chi connectivity index (χ3n) is 9.04. The van der Waals surface area contributed by atoms with Crippen LogP contribution in [0.2, 0.25) is 0 Å². The number of anilines is 1. The molecule has 4 amide bonds. The van der Waals surface area contributed by atoms with Crippen LogP contribution < -0.4 is 10.6 Å². The Balaban J connectivity index is 1.14. The molecule has 0 radical (unpaired) electrons. The van der Waals surface area contributed by atoms with Gasteiger partial charge < -0.3 is 25.2 Å². The van der Waals surface area contributed by atoms with Crippen molar-refractivity contribution >= 4 is 40.5 Å². The number of halogens is 1. The number of ether oxygens (including phenoxy) is 1. The number of hydrogen-bond donors (Lipinski definition) is 2. The van der Waals surface area contributed by atoms with E-state index in [4.69, 9.17) is 4.74 Å². The van der Waals surface area contributed by atoms with Crippen molar-refractivity contribution in [2.24, 2.45) is 0 Å². The minimum atomic E-state index is -0.965. The maximum Gasteiger partial charge on any atom is 0.410 e. The summed E-state index contributed by atoms with van der Waals surface area (Å²) in [5.41, 5.74) is 3.02. The average molecular weight is 716 g/mol. The normalized spacial score (nSPS) is 14.7. The van der Waals surface area contributed by atoms with Crippen LogP contribution in [0.1, 0.15) is 76.6 Å². The number of nitrogens with zero attached hydrogens (tertiary/aromatic N) is 3. The van der Waals surface area contributed by atoms with Crippen molar-refractivity contribution in [3.05, 3.63) is 143 Å². The number of likely N-dealkylation sites (tertiary alicyclic amines) is 1. The Morgan fingerprint density at radius 3 is 2.36 bits per heavy atom. The first-order valence-electron chi connectivity index (χ1n) is 17.5. The van der Waals surface area contributed by atoms with Gasteiger partial charge in [0.1, 0.15) is 23.3 Å². The Bertz CT molecular complexity index is 2130. The Kier molecular flexibility index (Phi) is 10.8. The fourth-order valence-corrected chi connectivity index (χ4v) is 6.40. The summed E-state index contributed by atoms with van der Waals surface area (Å²) in [5, 5.41) is 6.47. The van der Waals surface area contributed by atoms with Gasteiger partial charge in [-0.25, -0.2) is 14.2 Å². The molecule has 5 aromatic rings. The largest absolute Gasteiger partial charge is 0.444 e. The van der Waals surface area contributed by atoms with Crippen LogP contribution in [0.5, 0.6) is 0 Å². The molecule has 272 valence electrons. The van der Waals surface area contributed by atoms with E-state index in [0.29, 0.717) is 52.9 Å². The number of amides is 4. The topological polar surface area (TPSA) is 121 Å². The van der Waals surface area contributed by atoms with E-state index in [9.17, 15) is 23.6 Å². The van der Waals surface area contributed by atoms with E-state index in [2.05, 4.69) is 15.6 Å². The molecule has 1 aromatic heterocycles. The van der Waals surface area contributed by atoms with Gasteiger partial charge in [-0.05, 0) is 92.4 Å². The molecule has 4 aromatic carbocycles. The molecule has 1 aliphatic heterocycles. The van der Waals surface area contributed by atoms with E-state index < -0.39 is 17.6 Å². The molecular formula is C42H42FN5O5. The van der Waals surface area contributed by atoms with Gasteiger partial charge in [-0.15, -0.1) is 0 Å². The number of benzene rings is 4. The van der Waals surface area contributed by atoms with Crippen molar-refractivity contribution < 1.29 is 28.3 Å². The van der Waals surface area contributed by atoms with Gasteiger partial charge in [0.15, 0.2) is 0 Å². The summed E-state index contributed by atoms with van der Waals surface area (Å²) in [4.78, 5) is 61.3. The average Bonchev–Trinajstić information content (AvgIpc) is 3.65. The van der Waals surface area contributed by atoms with Gasteiger partial charge in [-0.1, -0.05) is 60.7 Å². The van der Waals surface area contributed by atoms with Crippen LogP contribution in [0.4, 0.5) is 15.0 Å². The molecule has 1 fully saturated rings. The lowest BCUT2D eigenvalue weighted by atomic mass is 9.93. The highest BCUT2D eigenvalue weighted by atomic mass is 19.1. The number of fused-ring (bicyclic) bond motifs is 1. The Morgan fingerprint density at radius 2 is 1.62 bits per heavy atom. The van der Waals surface area contributed by atoms with E-state index in [-0.39, 0.29) is 36.2 Å². The van der Waals surface area contributed by atoms with Crippen LogP contribution in [0.25, 0.3) is 10.9 Å². The summed E-state index contributed by atoms with van der Waals surface area (Å²) in [6.07, 6.45) is 0.347. The van der Waals surface area contributed by atoms with Crippen LogP contribution >= 0.6 is 0 Å². The van der Waals surface area contributed by atoms with Crippen molar-refractivity contribution in [1.29, 1.82) is 0 Å². The van der Waals surface area contributed by atoms with Crippen molar-refractivity contribution in [3.63, 3.8) is 0 Å². The van der Waals surface area contributed by atoms with E-state index in [1.54, 1.807) is 90.8 Å². The van der Waals surface area contributed by atoms with E-state index >= 15 is 0 Å². The third kappa shape index (κ3) is 9.04. The lowest BCUT2D eigenvalue weighted by Crippen LogP contribution is -2.41. The SMILES string of the molecule is CN(Cc1ccc(F)cc1)C(=O)[C@@H](NC(=O)c1ccc2nc(NC(=O)c3ccccc3C3CCN(C(=O)OC(C)(C)C)C3)ccc2c1)c1ccccc1. The molecule has 1 saturated heterocycles. The highest BCUT2D eigenvalue weighted by Crippen LogP contribution is 2.31. The van der Waals surface area contributed by atoms with Crippen LogP contribution in [0.3, 0.4) is 0 Å². The molecule has 1 unspecified atom stereocenters. The van der Waals surface area contributed by atoms with Gasteiger partial charge in [-0.3, -0.25) is 14.4 Å². The molecule has 53 heavy (non-hydrogen) atoms. The fourth-order valence-electron chi connectivity index (χ4n) is 6.40. The van der Waals surface area contributed by atoms with E-state index in [1.807, 2.05) is 39.0 Å². The van der Waals surface area contributed by atoms with Crippen molar-refractivity contribution in [1.82, 2.24) is 20.1 Å². The third-order valence-corrected chi connectivity index (χ3v) is 9.04. The monoisotopic (exact) mass is 715 g/mol. The number of nitrogens with one attached hydrogen (secondary N) is 2. The number of carbonyl (C=O) groups is 4. The van der Waals surface area contributed by atoms with Gasteiger partial charge in [0.25, 0.3) is 11.8 Å². The number of aromatic nitrogens is 1. The van der Waals surface area contributed by atoms with Gasteiger partial charge in [0.05, 0.1) is 5.52 Å². The van der Waals surface area contributed by atoms with Crippen molar-refractivity contribution in [2.75, 3.05) is 25.5 Å². The molecule has 2 heterocycles. The smallest absolute Gasteiger partial charge is 0.410 e. The zero-order valence-electron chi connectivity index (χ0n) is 30.1. The fraction of sp³-hybridized carbons (Fsp3) is 0.262. The molecule has 6 rings (SSSR count). The lowest BCUT2D eigenvalue weighted by Gasteiger charge is -2.25. The van der Waals surface area contributed by atoms with E-state index in [1.165, 1.54) is 17.0 Å². The second-order valence-electron chi connectivity index (χ2n) is 14.2. The van der Waals surface area contributed by atoms with E-state index in [0.717, 1.165) is 11.1 Å². The first-order valence-corrected chi connectivity index (χ1v) is 17.5. The standard InChI is InChI=1S/C42H42FN5O5/c1-42(2,3)53-41(52)48-23-22-31(26-48)33-12-8-9-13-34(33)39(50)45-36-21-17-29-24-30(16-20-35(29)44-36)38(49)46-37(28-10-6-5-7-11-28)40(51)47(4)25-27-14-18-32(43)19-15-27/h5-21,24,31,37H,22-23,25-26H2,1-4H3,(H,46,49)(H,44,45,50)/t31?,37-/m0/s1. The molecule has 10 nitrogen and oxygen atoms in total. The molecule has 1 aliphatic rings. The van der Waals surface area contributed by atoms with Crippen molar-refractivity contribution in [3.8, 4) is 0 Å². The second kappa shape index (κ2) is 15.6. The van der Waals surface area contributed by atoms with Crippen LogP contribution in [0, 0.1) is 5.82 Å². The molecule has 0 saturated carbocycles. The lowest BCUT2D eigenvalue weighted by molar-refractivity contribution is -0.132. The van der Waals surface area contributed by atoms with Gasteiger partial charge >= 0.3 is 6.09 Å². The number of rotatable bonds is 9. The number of hydrogen-bond acceptors (Lipinski definition) is 6. The molecule has 2 N–H and O–H groups in total. The van der Waals surface area contributed by atoms with Crippen LogP contribution in [-0.4, -0.2) is 64.3 Å². The minimum absolute atomic E-state index is 0.0226. The summed E-state index contributed by atoms with van der Waals surface area (Å²) in [7, 11) is 1.64. The molecule has 0 bridgehead atoms. The zero-order chi connectivity index (χ0) is 37.7. The minimum Gasteiger partial charge on any atom is -0.444 e. The second-order valence-corrected chi connectivity index (χ2v) is 14.2. The predicted molar refractivity (Wildman–Crippen MR) is 201 cm³/mol. The maximum absolute atomic E-state index is 13.7. The molecule has 2 atom stereocenters. The summed E-state index contributed by atoms with van der Waals surface area (Å²) in [6.45, 7) is 6.73. The summed E-state index contributed by atoms with van der Waals surface area (Å²) >= 11 is 0. The molecular weight excluding hydrogens is 673 g/mol. The number of carbonyl (C=O) groups excluding carboxylic acids is 4. The van der Waals surface area contributed by atoms with Crippen LogP contribution in [0.15, 0.2) is 109 Å². The zero-order valence-corrected chi connectivity index (χ0v) is 30.1. The van der Waals surface area contributed by atoms with Gasteiger partial charge in [0, 0.05) is 49.1 Å². The first kappa shape index (κ1) is 36.7. The summed E-state index contributed by atoms with van der Waals surface area (Å²) in [5.74, 6) is -1.14. The quantitative estimate of drug-likeness (QED) is 0.163. The van der Waals surface area contributed by atoms with Gasteiger partial charge in [0.2, 0.25) is 5.91 Å². The van der Waals surface area contributed by atoms with Gasteiger partial charge in [-0.2, -0.15) is 0 Å². The highest BCUT2D eigenvalue weighted by Gasteiger charge is 2.32. The number of likely N-dealkylation sites (N-methyl/N-ethyl adjacent to an activating group) is 1. The predicted octanol–water partition coefficient (Wildman–Crippen LogP) is 7.48. The Morgan fingerprint density at radius 1 is 0.906 bits per heavy atom. The highest BCUT2D eigenvalue weighted by molar-refractivity contribution is 6.06. The molecule has 0 spiro atoms. The first-order chi connectivity index (χ1) is 25.3.